The molecule has 136 valence electrons. The first-order valence-corrected chi connectivity index (χ1v) is 8.72. The Balaban J connectivity index is 1.87. The average molecular weight is 346 g/mol. The molecule has 1 saturated heterocycles. The Morgan fingerprint density at radius 1 is 1.12 bits per heavy atom. The number of para-hydroxylation sites is 1. The number of piperidine rings is 1. The molecular weight excluding hydrogens is 320 g/mol. The number of carbonyl (C=O) groups excluding carboxylic acids is 3. The Bertz CT molecular complexity index is 612. The van der Waals surface area contributed by atoms with E-state index in [2.05, 4.69) is 16.0 Å². The Hall–Kier alpha value is -2.41. The second-order valence-corrected chi connectivity index (χ2v) is 6.30. The van der Waals surface area contributed by atoms with Gasteiger partial charge < -0.3 is 21.7 Å². The van der Waals surface area contributed by atoms with E-state index in [1.807, 2.05) is 0 Å². The van der Waals surface area contributed by atoms with Crippen LogP contribution in [-0.2, 0) is 9.59 Å². The van der Waals surface area contributed by atoms with Crippen LogP contribution in [0, 0.1) is 5.92 Å². The molecule has 25 heavy (non-hydrogen) atoms. The zero-order valence-corrected chi connectivity index (χ0v) is 14.3. The molecule has 0 aliphatic carbocycles. The molecule has 1 aliphatic heterocycles. The van der Waals surface area contributed by atoms with E-state index >= 15 is 0 Å². The highest BCUT2D eigenvalue weighted by atomic mass is 16.2. The third kappa shape index (κ3) is 6.54. The molecular formula is C18H26N4O3. The number of nitrogens with one attached hydrogen (secondary N) is 3. The Morgan fingerprint density at radius 2 is 1.84 bits per heavy atom. The number of benzene rings is 1. The lowest BCUT2D eigenvalue weighted by Gasteiger charge is -2.22. The van der Waals surface area contributed by atoms with E-state index in [9.17, 15) is 14.4 Å². The minimum atomic E-state index is -0.472. The van der Waals surface area contributed by atoms with Crippen molar-refractivity contribution in [3.63, 3.8) is 0 Å². The van der Waals surface area contributed by atoms with Gasteiger partial charge in [0, 0.05) is 19.4 Å². The lowest BCUT2D eigenvalue weighted by molar-refractivity contribution is -0.118. The number of hydrogen-bond donors (Lipinski definition) is 4. The van der Waals surface area contributed by atoms with E-state index in [0.717, 1.165) is 32.4 Å². The van der Waals surface area contributed by atoms with Crippen LogP contribution in [0.15, 0.2) is 24.3 Å². The van der Waals surface area contributed by atoms with Crippen LogP contribution in [0.1, 0.15) is 42.5 Å². The van der Waals surface area contributed by atoms with Gasteiger partial charge in [-0.1, -0.05) is 12.1 Å². The molecule has 7 heteroatoms. The van der Waals surface area contributed by atoms with Gasteiger partial charge in [-0.2, -0.15) is 0 Å². The first-order valence-electron chi connectivity index (χ1n) is 8.72. The first kappa shape index (κ1) is 18.9. The lowest BCUT2D eigenvalue weighted by atomic mass is 9.93. The molecule has 0 aromatic heterocycles. The van der Waals surface area contributed by atoms with Crippen LogP contribution in [0.4, 0.5) is 5.69 Å². The molecule has 0 bridgehead atoms. The van der Waals surface area contributed by atoms with Crippen LogP contribution in [0.2, 0.25) is 0 Å². The highest BCUT2D eigenvalue weighted by Gasteiger charge is 2.16. The molecule has 0 radical (unpaired) electrons. The summed E-state index contributed by atoms with van der Waals surface area (Å²) in [6.07, 6.45) is 3.59. The van der Waals surface area contributed by atoms with Gasteiger partial charge in [0.15, 0.2) is 0 Å². The summed E-state index contributed by atoms with van der Waals surface area (Å²) >= 11 is 0. The van der Waals surface area contributed by atoms with Gasteiger partial charge in [0.25, 0.3) is 5.91 Å². The summed E-state index contributed by atoms with van der Waals surface area (Å²) in [5.74, 6) is -0.314. The second-order valence-electron chi connectivity index (χ2n) is 6.30. The van der Waals surface area contributed by atoms with Gasteiger partial charge in [-0.25, -0.2) is 0 Å². The van der Waals surface area contributed by atoms with Gasteiger partial charge in [0.2, 0.25) is 11.8 Å². The summed E-state index contributed by atoms with van der Waals surface area (Å²) in [4.78, 5) is 35.2. The van der Waals surface area contributed by atoms with E-state index in [4.69, 9.17) is 5.73 Å². The van der Waals surface area contributed by atoms with Crippen LogP contribution in [0.25, 0.3) is 0 Å². The molecule has 0 unspecified atom stereocenters. The highest BCUT2D eigenvalue weighted by molar-refractivity contribution is 6.03. The van der Waals surface area contributed by atoms with Gasteiger partial charge in [0.1, 0.15) is 0 Å². The Kier molecular flexibility index (Phi) is 7.40. The van der Waals surface area contributed by atoms with Crippen LogP contribution in [0.3, 0.4) is 0 Å². The molecule has 1 heterocycles. The quantitative estimate of drug-likeness (QED) is 0.562. The molecule has 1 fully saturated rings. The standard InChI is InChI=1S/C18H26N4O3/c19-16(23)9-12-21-18(25)14-3-1-2-4-15(14)22-17(24)6-5-13-7-10-20-11-8-13/h1-4,13,20H,5-12H2,(H2,19,23)(H,21,25)(H,22,24). The zero-order valence-electron chi connectivity index (χ0n) is 14.3. The predicted octanol–water partition coefficient (Wildman–Crippen LogP) is 1.01. The van der Waals surface area contributed by atoms with Crippen molar-refractivity contribution in [2.75, 3.05) is 25.0 Å². The Morgan fingerprint density at radius 3 is 2.56 bits per heavy atom. The topological polar surface area (TPSA) is 113 Å². The third-order valence-electron chi connectivity index (χ3n) is 4.34. The maximum atomic E-state index is 12.2. The van der Waals surface area contributed by atoms with Crippen molar-refractivity contribution in [1.82, 2.24) is 10.6 Å². The molecule has 1 aromatic carbocycles. The number of carbonyl (C=O) groups is 3. The maximum Gasteiger partial charge on any atom is 0.253 e. The van der Waals surface area contributed by atoms with Crippen molar-refractivity contribution in [3.8, 4) is 0 Å². The Labute approximate surface area is 147 Å². The minimum Gasteiger partial charge on any atom is -0.370 e. The van der Waals surface area contributed by atoms with Crippen molar-refractivity contribution in [2.45, 2.75) is 32.1 Å². The molecule has 1 aromatic rings. The van der Waals surface area contributed by atoms with Crippen LogP contribution >= 0.6 is 0 Å². The van der Waals surface area contributed by atoms with E-state index < -0.39 is 5.91 Å². The van der Waals surface area contributed by atoms with Crippen LogP contribution < -0.4 is 21.7 Å². The molecule has 1 aliphatic rings. The predicted molar refractivity (Wildman–Crippen MR) is 96.0 cm³/mol. The molecule has 7 nitrogen and oxygen atoms in total. The van der Waals surface area contributed by atoms with Gasteiger partial charge in [-0.15, -0.1) is 0 Å². The normalized spacial score (nSPS) is 14.7. The molecule has 0 saturated carbocycles. The van der Waals surface area contributed by atoms with Crippen LogP contribution in [0.5, 0.6) is 0 Å². The fourth-order valence-corrected chi connectivity index (χ4v) is 2.90. The summed E-state index contributed by atoms with van der Waals surface area (Å²) < 4.78 is 0. The van der Waals surface area contributed by atoms with Gasteiger partial charge in [-0.3, -0.25) is 14.4 Å². The third-order valence-corrected chi connectivity index (χ3v) is 4.34. The number of anilines is 1. The number of rotatable bonds is 8. The number of primary amides is 1. The highest BCUT2D eigenvalue weighted by Crippen LogP contribution is 2.19. The van der Waals surface area contributed by atoms with Crippen molar-refractivity contribution in [3.05, 3.63) is 29.8 Å². The van der Waals surface area contributed by atoms with Crippen LogP contribution in [-0.4, -0.2) is 37.4 Å². The molecule has 0 atom stereocenters. The van der Waals surface area contributed by atoms with Crippen molar-refractivity contribution in [2.24, 2.45) is 11.7 Å². The van der Waals surface area contributed by atoms with Gasteiger partial charge in [-0.05, 0) is 50.4 Å². The second kappa shape index (κ2) is 9.78. The van der Waals surface area contributed by atoms with Crippen molar-refractivity contribution < 1.29 is 14.4 Å². The fraction of sp³-hybridized carbons (Fsp3) is 0.500. The summed E-state index contributed by atoms with van der Waals surface area (Å²) in [6, 6.07) is 6.84. The number of nitrogens with two attached hydrogens (primary N) is 1. The van der Waals surface area contributed by atoms with E-state index in [0.29, 0.717) is 23.6 Å². The molecule has 2 rings (SSSR count). The summed E-state index contributed by atoms with van der Waals surface area (Å²) in [7, 11) is 0. The first-order chi connectivity index (χ1) is 12.1. The van der Waals surface area contributed by atoms with Crippen molar-refractivity contribution >= 4 is 23.4 Å². The monoisotopic (exact) mass is 346 g/mol. The van der Waals surface area contributed by atoms with E-state index in [1.54, 1.807) is 24.3 Å². The fourth-order valence-electron chi connectivity index (χ4n) is 2.90. The molecule has 3 amide bonds. The summed E-state index contributed by atoms with van der Waals surface area (Å²) in [5, 5.41) is 8.76. The van der Waals surface area contributed by atoms with Gasteiger partial charge in [0.05, 0.1) is 11.3 Å². The zero-order chi connectivity index (χ0) is 18.1. The summed E-state index contributed by atoms with van der Waals surface area (Å²) in [5.41, 5.74) is 5.91. The number of hydrogen-bond acceptors (Lipinski definition) is 4. The minimum absolute atomic E-state index is 0.0799. The van der Waals surface area contributed by atoms with Crippen molar-refractivity contribution in [1.29, 1.82) is 0 Å². The summed E-state index contributed by atoms with van der Waals surface area (Å²) in [6.45, 7) is 2.20. The van der Waals surface area contributed by atoms with Gasteiger partial charge >= 0.3 is 0 Å². The SMILES string of the molecule is NC(=O)CCNC(=O)c1ccccc1NC(=O)CCC1CCNCC1. The average Bonchev–Trinajstić information content (AvgIpc) is 2.61. The molecule has 0 spiro atoms. The molecule has 5 N–H and O–H groups in total. The largest absolute Gasteiger partial charge is 0.370 e. The lowest BCUT2D eigenvalue weighted by Crippen LogP contribution is -2.29. The van der Waals surface area contributed by atoms with E-state index in [-0.39, 0.29) is 24.8 Å². The smallest absolute Gasteiger partial charge is 0.253 e. The van der Waals surface area contributed by atoms with E-state index in [1.165, 1.54) is 0 Å². The number of amides is 3. The maximum absolute atomic E-state index is 12.2.